The van der Waals surface area contributed by atoms with Gasteiger partial charge in [0.25, 0.3) is 0 Å². The van der Waals surface area contributed by atoms with E-state index in [2.05, 4.69) is 39.2 Å². The van der Waals surface area contributed by atoms with Crippen molar-refractivity contribution in [3.05, 3.63) is 58.8 Å². The molecular weight excluding hydrogens is 500 g/mol. The highest BCUT2D eigenvalue weighted by Crippen LogP contribution is 2.32. The van der Waals surface area contributed by atoms with Gasteiger partial charge in [-0.25, -0.2) is 9.78 Å². The molecule has 0 aliphatic carbocycles. The fourth-order valence-electron chi connectivity index (χ4n) is 4.26. The van der Waals surface area contributed by atoms with Crippen molar-refractivity contribution in [1.29, 1.82) is 0 Å². The first-order valence-corrected chi connectivity index (χ1v) is 13.1. The van der Waals surface area contributed by atoms with Gasteiger partial charge in [0, 0.05) is 37.4 Å². The Hall–Kier alpha value is -3.21. The van der Waals surface area contributed by atoms with Crippen LogP contribution in [0.4, 0.5) is 4.79 Å². The molecule has 0 radical (unpaired) electrons. The van der Waals surface area contributed by atoms with Crippen LogP contribution in [-0.2, 0) is 6.54 Å². The van der Waals surface area contributed by atoms with Gasteiger partial charge in [-0.3, -0.25) is 9.55 Å². The predicted molar refractivity (Wildman–Crippen MR) is 138 cm³/mol. The number of amides is 1. The number of piperidine rings is 1. The van der Waals surface area contributed by atoms with Gasteiger partial charge in [0.1, 0.15) is 11.4 Å². The van der Waals surface area contributed by atoms with Crippen molar-refractivity contribution in [3.63, 3.8) is 0 Å². The normalized spacial score (nSPS) is 14.9. The number of rotatable bonds is 7. The van der Waals surface area contributed by atoms with Gasteiger partial charge in [-0.1, -0.05) is 22.8 Å². The number of hydrogen-bond donors (Lipinski definition) is 1. The largest absolute Gasteiger partial charge is 0.414 e. The molecular formula is C25H27ClN6O3S. The summed E-state index contributed by atoms with van der Waals surface area (Å²) in [7, 11) is 0. The first kappa shape index (κ1) is 24.5. The quantitative estimate of drug-likeness (QED) is 0.348. The minimum atomic E-state index is -0.499. The van der Waals surface area contributed by atoms with E-state index in [1.54, 1.807) is 10.8 Å². The van der Waals surface area contributed by atoms with Crippen molar-refractivity contribution in [3.8, 4) is 28.0 Å². The van der Waals surface area contributed by atoms with Crippen LogP contribution in [0.1, 0.15) is 32.4 Å². The zero-order valence-electron chi connectivity index (χ0n) is 20.1. The van der Waals surface area contributed by atoms with Crippen LogP contribution in [0.3, 0.4) is 0 Å². The average Bonchev–Trinajstić information content (AvgIpc) is 3.61. The van der Waals surface area contributed by atoms with Crippen molar-refractivity contribution in [1.82, 2.24) is 29.9 Å². The molecule has 1 saturated heterocycles. The summed E-state index contributed by atoms with van der Waals surface area (Å²) in [6.07, 6.45) is 4.51. The third-order valence-electron chi connectivity index (χ3n) is 6.19. The highest BCUT2D eigenvalue weighted by Gasteiger charge is 2.24. The minimum Gasteiger partial charge on any atom is -0.391 e. The molecule has 0 atom stereocenters. The standard InChI is InChI=1S/C25H27ClN6O3S/c1-16(2)31-11-8-17(9-12-31)29-25(33)34-23-14-28-24(19-5-3-4-10-27-19)32(23)15-18-13-20(35-30-18)21-6-7-22(26)36-21/h3-7,10,13-14,16-17H,8-9,11-12,15H2,1-2H3,(H,29,33). The molecule has 0 aromatic carbocycles. The fourth-order valence-corrected chi connectivity index (χ4v) is 5.25. The van der Waals surface area contributed by atoms with E-state index < -0.39 is 6.09 Å². The molecule has 11 heteroatoms. The van der Waals surface area contributed by atoms with Crippen LogP contribution in [0.2, 0.25) is 4.34 Å². The molecule has 5 heterocycles. The summed E-state index contributed by atoms with van der Waals surface area (Å²) >= 11 is 7.47. The van der Waals surface area contributed by atoms with E-state index in [1.165, 1.54) is 17.5 Å². The predicted octanol–water partition coefficient (Wildman–Crippen LogP) is 5.32. The summed E-state index contributed by atoms with van der Waals surface area (Å²) < 4.78 is 13.7. The van der Waals surface area contributed by atoms with Gasteiger partial charge in [-0.15, -0.1) is 11.3 Å². The number of halogens is 1. The molecule has 1 fully saturated rings. The number of carbonyl (C=O) groups is 1. The summed E-state index contributed by atoms with van der Waals surface area (Å²) in [5, 5.41) is 7.21. The lowest BCUT2D eigenvalue weighted by Gasteiger charge is -2.34. The Morgan fingerprint density at radius 1 is 1.25 bits per heavy atom. The number of imidazole rings is 1. The number of likely N-dealkylation sites (tertiary alicyclic amines) is 1. The third kappa shape index (κ3) is 5.61. The summed E-state index contributed by atoms with van der Waals surface area (Å²) in [6, 6.07) is 11.7. The first-order chi connectivity index (χ1) is 17.5. The highest BCUT2D eigenvalue weighted by molar-refractivity contribution is 7.19. The van der Waals surface area contributed by atoms with Gasteiger partial charge in [0.05, 0.1) is 22.0 Å². The molecule has 188 valence electrons. The van der Waals surface area contributed by atoms with Crippen LogP contribution in [0, 0.1) is 0 Å². The van der Waals surface area contributed by atoms with Crippen molar-refractivity contribution in [2.75, 3.05) is 13.1 Å². The lowest BCUT2D eigenvalue weighted by Crippen LogP contribution is -2.47. The zero-order valence-corrected chi connectivity index (χ0v) is 21.6. The fraction of sp³-hybridized carbons (Fsp3) is 0.360. The van der Waals surface area contributed by atoms with Crippen molar-refractivity contribution < 1.29 is 14.1 Å². The molecule has 0 bridgehead atoms. The Bertz CT molecular complexity index is 1310. The molecule has 0 unspecified atom stereocenters. The maximum Gasteiger partial charge on any atom is 0.414 e. The Morgan fingerprint density at radius 3 is 2.78 bits per heavy atom. The summed E-state index contributed by atoms with van der Waals surface area (Å²) in [5.41, 5.74) is 1.30. The van der Waals surface area contributed by atoms with Crippen LogP contribution in [0.5, 0.6) is 5.88 Å². The highest BCUT2D eigenvalue weighted by atomic mass is 35.5. The number of hydrogen-bond acceptors (Lipinski definition) is 8. The van der Waals surface area contributed by atoms with Crippen LogP contribution < -0.4 is 10.1 Å². The number of nitrogens with zero attached hydrogens (tertiary/aromatic N) is 5. The van der Waals surface area contributed by atoms with Gasteiger partial charge in [-0.2, -0.15) is 0 Å². The molecule has 4 aromatic heterocycles. The second-order valence-electron chi connectivity index (χ2n) is 8.95. The van der Waals surface area contributed by atoms with E-state index in [4.69, 9.17) is 20.9 Å². The molecule has 0 saturated carbocycles. The topological polar surface area (TPSA) is 98.3 Å². The van der Waals surface area contributed by atoms with E-state index in [-0.39, 0.29) is 12.6 Å². The summed E-state index contributed by atoms with van der Waals surface area (Å²) in [6.45, 7) is 6.57. The van der Waals surface area contributed by atoms with Crippen molar-refractivity contribution >= 4 is 29.0 Å². The number of aromatic nitrogens is 4. The van der Waals surface area contributed by atoms with E-state index in [9.17, 15) is 4.79 Å². The number of ether oxygens (including phenoxy) is 1. The SMILES string of the molecule is CC(C)N1CCC(NC(=O)Oc2cnc(-c3ccccn3)n2Cc2cc(-c3ccc(Cl)s3)on2)CC1. The van der Waals surface area contributed by atoms with Gasteiger partial charge >= 0.3 is 6.09 Å². The third-order valence-corrected chi connectivity index (χ3v) is 7.43. The second kappa shape index (κ2) is 10.8. The van der Waals surface area contributed by atoms with Gasteiger partial charge in [0.15, 0.2) is 11.6 Å². The zero-order chi connectivity index (χ0) is 25.1. The number of carbonyl (C=O) groups excluding carboxylic acids is 1. The second-order valence-corrected chi connectivity index (χ2v) is 10.7. The van der Waals surface area contributed by atoms with E-state index in [0.29, 0.717) is 39.2 Å². The molecule has 1 amide bonds. The number of thiophene rings is 1. The Kier molecular flexibility index (Phi) is 7.35. The van der Waals surface area contributed by atoms with Crippen molar-refractivity contribution in [2.24, 2.45) is 0 Å². The maximum absolute atomic E-state index is 12.8. The van der Waals surface area contributed by atoms with Gasteiger partial charge in [-0.05, 0) is 51.0 Å². The van der Waals surface area contributed by atoms with Crippen molar-refractivity contribution in [2.45, 2.75) is 45.3 Å². The molecule has 5 rings (SSSR count). The first-order valence-electron chi connectivity index (χ1n) is 11.9. The summed E-state index contributed by atoms with van der Waals surface area (Å²) in [5.74, 6) is 1.48. The summed E-state index contributed by atoms with van der Waals surface area (Å²) in [4.78, 5) is 25.0. The van der Waals surface area contributed by atoms with E-state index in [0.717, 1.165) is 30.8 Å². The number of nitrogens with one attached hydrogen (secondary N) is 1. The molecule has 1 aliphatic rings. The molecule has 9 nitrogen and oxygen atoms in total. The number of pyridine rings is 1. The molecule has 36 heavy (non-hydrogen) atoms. The van der Waals surface area contributed by atoms with Crippen LogP contribution >= 0.6 is 22.9 Å². The van der Waals surface area contributed by atoms with Gasteiger partial charge in [0.2, 0.25) is 5.88 Å². The van der Waals surface area contributed by atoms with Crippen LogP contribution in [0.15, 0.2) is 53.3 Å². The van der Waals surface area contributed by atoms with E-state index in [1.807, 2.05) is 36.4 Å². The van der Waals surface area contributed by atoms with Crippen LogP contribution in [-0.4, -0.2) is 55.9 Å². The smallest absolute Gasteiger partial charge is 0.391 e. The lowest BCUT2D eigenvalue weighted by molar-refractivity contribution is 0.151. The Labute approximate surface area is 218 Å². The van der Waals surface area contributed by atoms with E-state index >= 15 is 0 Å². The molecule has 0 spiro atoms. The average molecular weight is 527 g/mol. The van der Waals surface area contributed by atoms with Crippen LogP contribution in [0.25, 0.3) is 22.2 Å². The molecule has 1 N–H and O–H groups in total. The molecule has 4 aromatic rings. The Morgan fingerprint density at radius 2 is 2.08 bits per heavy atom. The maximum atomic E-state index is 12.8. The monoisotopic (exact) mass is 526 g/mol. The molecule has 1 aliphatic heterocycles. The Balaban J connectivity index is 1.33. The van der Waals surface area contributed by atoms with Gasteiger partial charge < -0.3 is 19.5 Å². The minimum absolute atomic E-state index is 0.0786. The lowest BCUT2D eigenvalue weighted by atomic mass is 10.0.